The van der Waals surface area contributed by atoms with E-state index >= 15 is 0 Å². The van der Waals surface area contributed by atoms with Gasteiger partial charge in [0.15, 0.2) is 23.4 Å². The van der Waals surface area contributed by atoms with Crippen LogP contribution in [0.4, 0.5) is 11.4 Å². The number of halogens is 3. The zero-order valence-electron chi connectivity index (χ0n) is 12.3. The molecule has 0 radical (unpaired) electrons. The van der Waals surface area contributed by atoms with E-state index in [1.54, 1.807) is 6.92 Å². The van der Waals surface area contributed by atoms with Crippen molar-refractivity contribution in [1.29, 1.82) is 0 Å². The first-order valence-electron chi connectivity index (χ1n) is 6.46. The number of nitrogens with zero attached hydrogens (tertiary/aromatic N) is 1. The smallest absolute Gasteiger partial charge is 0.323 e. The molecular weight excluding hydrogens is 365 g/mol. The Morgan fingerprint density at radius 2 is 1.68 bits per heavy atom. The van der Waals surface area contributed by atoms with E-state index in [4.69, 9.17) is 39.2 Å². The van der Waals surface area contributed by atoms with E-state index in [1.165, 1.54) is 0 Å². The van der Waals surface area contributed by atoms with Crippen molar-refractivity contribution in [2.45, 2.75) is 23.9 Å². The largest absolute Gasteiger partial charge is 0.460 e. The highest BCUT2D eigenvalue weighted by atomic mass is 35.6. The summed E-state index contributed by atoms with van der Waals surface area (Å²) < 4.78 is 3.68. The van der Waals surface area contributed by atoms with Gasteiger partial charge in [0.2, 0.25) is 5.69 Å². The van der Waals surface area contributed by atoms with Crippen LogP contribution in [0.15, 0.2) is 34.7 Å². The third-order valence-corrected chi connectivity index (χ3v) is 4.99. The van der Waals surface area contributed by atoms with Crippen LogP contribution in [0.3, 0.4) is 0 Å². The minimum atomic E-state index is -1.68. The van der Waals surface area contributed by atoms with Crippen LogP contribution in [0, 0.1) is 20.8 Å². The molecule has 0 aliphatic heterocycles. The fraction of sp³-hybridized carbons (Fsp3) is 0.267. The normalized spacial score (nSPS) is 14.6. The SMILES string of the molecule is Cc1oc(C)c([N+](C=O)(SC(Cl)(Cl)Cl)c2ccccc2)c1C. The van der Waals surface area contributed by atoms with Crippen molar-refractivity contribution < 1.29 is 9.21 Å². The predicted molar refractivity (Wildman–Crippen MR) is 94.8 cm³/mol. The number of para-hydroxylation sites is 1. The average Bonchev–Trinajstić information content (AvgIpc) is 2.70. The second kappa shape index (κ2) is 6.46. The number of alkyl halides is 3. The molecule has 1 aromatic heterocycles. The minimum Gasteiger partial charge on any atom is -0.460 e. The van der Waals surface area contributed by atoms with Crippen molar-refractivity contribution in [2.24, 2.45) is 0 Å². The van der Waals surface area contributed by atoms with Gasteiger partial charge < -0.3 is 4.42 Å². The Labute approximate surface area is 148 Å². The number of furan rings is 1. The first-order chi connectivity index (χ1) is 10.2. The Kier molecular flexibility index (Phi) is 5.20. The molecule has 0 N–H and O–H groups in total. The number of hydrogen-bond acceptors (Lipinski definition) is 3. The third kappa shape index (κ3) is 3.31. The van der Waals surface area contributed by atoms with Gasteiger partial charge in [-0.25, -0.2) is 4.79 Å². The second-order valence-electron chi connectivity index (χ2n) is 4.82. The molecule has 0 spiro atoms. The zero-order chi connectivity index (χ0) is 16.5. The molecule has 1 unspecified atom stereocenters. The van der Waals surface area contributed by atoms with Crippen molar-refractivity contribution in [3.8, 4) is 0 Å². The molecule has 1 aromatic carbocycles. The van der Waals surface area contributed by atoms with Gasteiger partial charge >= 0.3 is 6.41 Å². The Bertz CT molecular complexity index is 682. The van der Waals surface area contributed by atoms with E-state index in [-0.39, 0.29) is 3.89 Å². The number of amides is 1. The summed E-state index contributed by atoms with van der Waals surface area (Å²) in [4.78, 5) is 12.2. The van der Waals surface area contributed by atoms with Crippen molar-refractivity contribution in [2.75, 3.05) is 0 Å². The van der Waals surface area contributed by atoms with E-state index in [0.717, 1.165) is 29.7 Å². The maximum atomic E-state index is 12.2. The van der Waals surface area contributed by atoms with Gasteiger partial charge in [0.05, 0.1) is 5.56 Å². The molecule has 2 aromatic rings. The molecule has 118 valence electrons. The van der Waals surface area contributed by atoms with Gasteiger partial charge in [0.25, 0.3) is 3.12 Å². The summed E-state index contributed by atoms with van der Waals surface area (Å²) in [5, 5.41) is 0. The molecule has 0 saturated heterocycles. The number of rotatable bonds is 4. The van der Waals surface area contributed by atoms with Gasteiger partial charge in [-0.2, -0.15) is 0 Å². The van der Waals surface area contributed by atoms with Crippen LogP contribution < -0.4 is 3.89 Å². The van der Waals surface area contributed by atoms with E-state index in [2.05, 4.69) is 0 Å². The molecule has 1 atom stereocenters. The molecule has 1 heterocycles. The number of quaternary nitrogens is 1. The highest BCUT2D eigenvalue weighted by molar-refractivity contribution is 8.05. The molecule has 0 aliphatic rings. The van der Waals surface area contributed by atoms with Crippen LogP contribution in [0.1, 0.15) is 17.1 Å². The molecule has 2 rings (SSSR count). The quantitative estimate of drug-likeness (QED) is 0.283. The lowest BCUT2D eigenvalue weighted by molar-refractivity contribution is -0.111. The fourth-order valence-corrected chi connectivity index (χ4v) is 4.38. The number of aryl methyl sites for hydroxylation is 2. The molecule has 3 nitrogen and oxygen atoms in total. The summed E-state index contributed by atoms with van der Waals surface area (Å²) in [5.74, 6) is 1.35. The van der Waals surface area contributed by atoms with Gasteiger partial charge in [-0.05, 0) is 13.8 Å². The summed E-state index contributed by atoms with van der Waals surface area (Å²) in [6, 6.07) is 9.17. The number of carbonyl (C=O) groups excluding carboxylic acids is 1. The van der Waals surface area contributed by atoms with Crippen LogP contribution in [0.2, 0.25) is 0 Å². The van der Waals surface area contributed by atoms with Crippen molar-refractivity contribution in [3.63, 3.8) is 0 Å². The molecule has 7 heteroatoms. The number of benzene rings is 1. The number of carbonyl (C=O) groups is 1. The third-order valence-electron chi connectivity index (χ3n) is 3.39. The van der Waals surface area contributed by atoms with Gasteiger partial charge in [-0.3, -0.25) is 0 Å². The van der Waals surface area contributed by atoms with Crippen LogP contribution in [-0.2, 0) is 4.79 Å². The maximum absolute atomic E-state index is 12.2. The summed E-state index contributed by atoms with van der Waals surface area (Å²) >= 11 is 18.9. The van der Waals surface area contributed by atoms with Crippen LogP contribution in [0.5, 0.6) is 0 Å². The summed E-state index contributed by atoms with van der Waals surface area (Å²) in [6.45, 7) is 5.53. The first-order valence-corrected chi connectivity index (χ1v) is 8.37. The lowest BCUT2D eigenvalue weighted by atomic mass is 10.2. The Morgan fingerprint density at radius 3 is 2.09 bits per heavy atom. The van der Waals surface area contributed by atoms with Crippen molar-refractivity contribution in [1.82, 2.24) is 3.89 Å². The molecule has 0 fully saturated rings. The van der Waals surface area contributed by atoms with Gasteiger partial charge in [-0.15, -0.1) is 3.89 Å². The van der Waals surface area contributed by atoms with E-state index in [1.807, 2.05) is 44.2 Å². The Balaban J connectivity index is 2.77. The lowest BCUT2D eigenvalue weighted by Gasteiger charge is -2.30. The number of hydrogen-bond donors (Lipinski definition) is 0. The molecular formula is C15H15Cl3NO2S+. The standard InChI is InChI=1S/C15H15Cl3NO2S/c1-10-11(2)21-12(3)14(10)19(9-20,22-15(16,17)18)13-7-5-4-6-8-13/h4-9H,1-3H3/q+1. The van der Waals surface area contributed by atoms with Crippen molar-refractivity contribution in [3.05, 3.63) is 47.4 Å². The zero-order valence-corrected chi connectivity index (χ0v) is 15.4. The first kappa shape index (κ1) is 17.7. The van der Waals surface area contributed by atoms with Crippen LogP contribution >= 0.6 is 46.8 Å². The van der Waals surface area contributed by atoms with E-state index < -0.39 is 3.12 Å². The summed E-state index contributed by atoms with van der Waals surface area (Å²) in [5.41, 5.74) is 2.21. The highest BCUT2D eigenvalue weighted by Gasteiger charge is 2.48. The molecule has 0 aliphatic carbocycles. The van der Waals surface area contributed by atoms with Gasteiger partial charge in [0, 0.05) is 19.1 Å². The minimum absolute atomic E-state index is 0.313. The topological polar surface area (TPSA) is 30.2 Å². The van der Waals surface area contributed by atoms with Gasteiger partial charge in [-0.1, -0.05) is 53.0 Å². The van der Waals surface area contributed by atoms with E-state index in [0.29, 0.717) is 17.1 Å². The van der Waals surface area contributed by atoms with Gasteiger partial charge in [0.1, 0.15) is 5.76 Å². The average molecular weight is 380 g/mol. The highest BCUT2D eigenvalue weighted by Crippen LogP contribution is 2.53. The molecule has 0 bridgehead atoms. The van der Waals surface area contributed by atoms with Crippen molar-refractivity contribution >= 4 is 64.5 Å². The lowest BCUT2D eigenvalue weighted by Crippen LogP contribution is -2.38. The monoisotopic (exact) mass is 378 g/mol. The second-order valence-corrected chi connectivity index (χ2v) is 9.15. The maximum Gasteiger partial charge on any atom is 0.323 e. The fourth-order valence-electron chi connectivity index (χ4n) is 2.44. The molecule has 0 saturated carbocycles. The van der Waals surface area contributed by atoms with Crippen LogP contribution in [-0.4, -0.2) is 9.53 Å². The van der Waals surface area contributed by atoms with E-state index in [9.17, 15) is 4.79 Å². The molecule has 1 amide bonds. The Morgan fingerprint density at radius 1 is 1.09 bits per heavy atom. The summed E-state index contributed by atoms with van der Waals surface area (Å²) in [7, 11) is 0. The predicted octanol–water partition coefficient (Wildman–Crippen LogP) is 5.98. The Hall–Kier alpha value is -0.650. The van der Waals surface area contributed by atoms with Crippen LogP contribution in [0.25, 0.3) is 0 Å². The molecule has 22 heavy (non-hydrogen) atoms. The summed E-state index contributed by atoms with van der Waals surface area (Å²) in [6.07, 6.45) is 0.756.